The number of nitrogens with zero attached hydrogens (tertiary/aromatic N) is 3. The highest BCUT2D eigenvalue weighted by molar-refractivity contribution is 8.00. The Labute approximate surface area is 220 Å². The van der Waals surface area contributed by atoms with Gasteiger partial charge >= 0.3 is 12.3 Å². The van der Waals surface area contributed by atoms with Crippen molar-refractivity contribution in [2.45, 2.75) is 49.9 Å². The molecule has 7 nitrogen and oxygen atoms in total. The topological polar surface area (TPSA) is 81.6 Å². The molecule has 1 saturated heterocycles. The van der Waals surface area contributed by atoms with E-state index in [0.29, 0.717) is 29.1 Å². The largest absolute Gasteiger partial charge is 0.497 e. The van der Waals surface area contributed by atoms with Crippen LogP contribution in [0.3, 0.4) is 0 Å². The Morgan fingerprint density at radius 3 is 2.59 bits per heavy atom. The van der Waals surface area contributed by atoms with Gasteiger partial charge in [0.1, 0.15) is 16.4 Å². The molecule has 0 aliphatic carbocycles. The summed E-state index contributed by atoms with van der Waals surface area (Å²) >= 11 is 2.28. The van der Waals surface area contributed by atoms with Crippen molar-refractivity contribution in [2.75, 3.05) is 26.0 Å². The third-order valence-corrected chi connectivity index (χ3v) is 7.89. The van der Waals surface area contributed by atoms with E-state index in [9.17, 15) is 22.8 Å². The summed E-state index contributed by atoms with van der Waals surface area (Å²) in [7, 11) is 1.45. The number of thioether (sulfide) groups is 1. The first-order chi connectivity index (χ1) is 17.3. The quantitative estimate of drug-likeness (QED) is 0.198. The zero-order valence-electron chi connectivity index (χ0n) is 20.7. The number of Topliss-reactive ketones (excluding diaryl/α,β-unsaturated/α-hetero) is 1. The van der Waals surface area contributed by atoms with Crippen LogP contribution in [0.15, 0.2) is 35.4 Å². The van der Waals surface area contributed by atoms with E-state index >= 15 is 0 Å². The van der Waals surface area contributed by atoms with E-state index in [1.807, 2.05) is 26.8 Å². The second-order valence-electron chi connectivity index (χ2n) is 9.56. The molecule has 1 atom stereocenters. The molecule has 2 aromatic heterocycles. The number of alkyl halides is 3. The lowest BCUT2D eigenvalue weighted by molar-refractivity contribution is -0.145. The van der Waals surface area contributed by atoms with Gasteiger partial charge in [0.05, 0.1) is 23.3 Å². The predicted molar refractivity (Wildman–Crippen MR) is 136 cm³/mol. The molecule has 3 aromatic rings. The van der Waals surface area contributed by atoms with Gasteiger partial charge in [0.2, 0.25) is 5.82 Å². The van der Waals surface area contributed by atoms with E-state index < -0.39 is 17.6 Å². The molecule has 12 heteroatoms. The maximum absolute atomic E-state index is 13.4. The number of halogens is 3. The van der Waals surface area contributed by atoms with Crippen molar-refractivity contribution in [3.63, 3.8) is 0 Å². The zero-order valence-corrected chi connectivity index (χ0v) is 22.4. The SMILES string of the molecule is COc1ccc2nc(C(F)(F)F)nc(SCC(=O)c3ccc(C4CCN(C(=O)OC(C)(C)C)C4)s3)c2c1. The number of methoxy groups -OCH3 is 1. The van der Waals surface area contributed by atoms with Crippen molar-refractivity contribution in [3.8, 4) is 5.75 Å². The smallest absolute Gasteiger partial charge is 0.451 e. The molecule has 1 unspecified atom stereocenters. The summed E-state index contributed by atoms with van der Waals surface area (Å²) in [6.07, 6.45) is -4.31. The summed E-state index contributed by atoms with van der Waals surface area (Å²) in [5.41, 5.74) is -0.455. The van der Waals surface area contributed by atoms with E-state index in [-0.39, 0.29) is 34.1 Å². The number of carbonyl (C=O) groups excluding carboxylic acids is 2. The van der Waals surface area contributed by atoms with Gasteiger partial charge in [-0.25, -0.2) is 14.8 Å². The molecule has 1 aliphatic rings. The minimum absolute atomic E-state index is 0.0603. The average Bonchev–Trinajstić information content (AvgIpc) is 3.50. The molecule has 0 radical (unpaired) electrons. The van der Waals surface area contributed by atoms with Crippen LogP contribution in [0.2, 0.25) is 0 Å². The lowest BCUT2D eigenvalue weighted by Crippen LogP contribution is -2.35. The number of hydrogen-bond acceptors (Lipinski definition) is 8. The summed E-state index contributed by atoms with van der Waals surface area (Å²) in [4.78, 5) is 35.8. The van der Waals surface area contributed by atoms with Gasteiger partial charge in [-0.3, -0.25) is 4.79 Å². The Kier molecular flexibility index (Phi) is 7.70. The fraction of sp³-hybridized carbons (Fsp3) is 0.440. The van der Waals surface area contributed by atoms with Crippen LogP contribution in [0.4, 0.5) is 18.0 Å². The molecule has 4 rings (SSSR count). The van der Waals surface area contributed by atoms with Crippen molar-refractivity contribution in [1.82, 2.24) is 14.9 Å². The van der Waals surface area contributed by atoms with Gasteiger partial charge in [0, 0.05) is 29.3 Å². The van der Waals surface area contributed by atoms with E-state index in [1.165, 1.54) is 30.6 Å². The number of aromatic nitrogens is 2. The van der Waals surface area contributed by atoms with Gasteiger partial charge in [-0.2, -0.15) is 13.2 Å². The third kappa shape index (κ3) is 6.53. The molecule has 0 bridgehead atoms. The van der Waals surface area contributed by atoms with Crippen LogP contribution >= 0.6 is 23.1 Å². The standard InChI is InChI=1S/C25H26F3N3O4S2/c1-24(2,3)35-23(33)31-10-9-14(12-31)19-7-8-20(37-19)18(32)13-36-21-16-11-15(34-4)5-6-17(16)29-22(30-21)25(26,27)28/h5-8,11,14H,9-10,12-13H2,1-4H3. The molecule has 0 spiro atoms. The van der Waals surface area contributed by atoms with Crippen molar-refractivity contribution in [2.24, 2.45) is 0 Å². The maximum atomic E-state index is 13.4. The second-order valence-corrected chi connectivity index (χ2v) is 11.6. The number of thiophene rings is 1. The molecule has 37 heavy (non-hydrogen) atoms. The molecule has 0 saturated carbocycles. The van der Waals surface area contributed by atoms with Crippen LogP contribution in [0.25, 0.3) is 10.9 Å². The highest BCUT2D eigenvalue weighted by Gasteiger charge is 2.36. The Bertz CT molecular complexity index is 1320. The molecule has 0 N–H and O–H groups in total. The number of ether oxygens (including phenoxy) is 2. The molecular formula is C25H26F3N3O4S2. The third-order valence-electron chi connectivity index (χ3n) is 5.61. The van der Waals surface area contributed by atoms with Gasteiger partial charge in [0.25, 0.3) is 0 Å². The molecule has 1 aliphatic heterocycles. The monoisotopic (exact) mass is 553 g/mol. The molecule has 3 heterocycles. The fourth-order valence-corrected chi connectivity index (χ4v) is 5.91. The molecule has 198 valence electrons. The van der Waals surface area contributed by atoms with Crippen LogP contribution in [0, 0.1) is 0 Å². The lowest BCUT2D eigenvalue weighted by atomic mass is 10.1. The maximum Gasteiger partial charge on any atom is 0.451 e. The number of hydrogen-bond donors (Lipinski definition) is 0. The van der Waals surface area contributed by atoms with Crippen molar-refractivity contribution < 1.29 is 32.2 Å². The Hall–Kier alpha value is -2.86. The first-order valence-electron chi connectivity index (χ1n) is 11.5. The van der Waals surface area contributed by atoms with Crippen LogP contribution in [0.1, 0.15) is 53.5 Å². The normalized spacial score (nSPS) is 16.3. The number of carbonyl (C=O) groups is 2. The van der Waals surface area contributed by atoms with Crippen molar-refractivity contribution in [3.05, 3.63) is 45.9 Å². The Morgan fingerprint density at radius 1 is 1.16 bits per heavy atom. The van der Waals surface area contributed by atoms with Crippen LogP contribution in [0.5, 0.6) is 5.75 Å². The fourth-order valence-electron chi connectivity index (χ4n) is 3.86. The first-order valence-corrected chi connectivity index (χ1v) is 13.3. The predicted octanol–water partition coefficient (Wildman–Crippen LogP) is 6.42. The average molecular weight is 554 g/mol. The van der Waals surface area contributed by atoms with E-state index in [4.69, 9.17) is 9.47 Å². The van der Waals surface area contributed by atoms with Gasteiger partial charge < -0.3 is 14.4 Å². The summed E-state index contributed by atoms with van der Waals surface area (Å²) in [5, 5.41) is 0.440. The van der Waals surface area contributed by atoms with Crippen molar-refractivity contribution >= 4 is 45.9 Å². The molecular weight excluding hydrogens is 527 g/mol. The second kappa shape index (κ2) is 10.5. The van der Waals surface area contributed by atoms with Gasteiger partial charge in [-0.05, 0) is 57.5 Å². The van der Waals surface area contributed by atoms with Crippen LogP contribution < -0.4 is 4.74 Å². The van der Waals surface area contributed by atoms with Crippen LogP contribution in [-0.4, -0.2) is 58.3 Å². The molecule has 1 amide bonds. The van der Waals surface area contributed by atoms with Crippen LogP contribution in [-0.2, 0) is 10.9 Å². The summed E-state index contributed by atoms with van der Waals surface area (Å²) in [6, 6.07) is 8.11. The summed E-state index contributed by atoms with van der Waals surface area (Å²) in [6.45, 7) is 6.53. The number of fused-ring (bicyclic) bond motifs is 1. The van der Waals surface area contributed by atoms with E-state index in [0.717, 1.165) is 23.1 Å². The van der Waals surface area contributed by atoms with E-state index in [1.54, 1.807) is 17.0 Å². The zero-order chi connectivity index (χ0) is 27.0. The first kappa shape index (κ1) is 27.2. The number of ketones is 1. The Morgan fingerprint density at radius 2 is 1.92 bits per heavy atom. The highest BCUT2D eigenvalue weighted by atomic mass is 32.2. The highest BCUT2D eigenvalue weighted by Crippen LogP contribution is 2.36. The summed E-state index contributed by atoms with van der Waals surface area (Å²) in [5.74, 6) is -1.01. The Balaban J connectivity index is 1.46. The number of benzene rings is 1. The minimum Gasteiger partial charge on any atom is -0.497 e. The minimum atomic E-state index is -4.72. The molecule has 1 aromatic carbocycles. The molecule has 1 fully saturated rings. The number of amides is 1. The van der Waals surface area contributed by atoms with Gasteiger partial charge in [-0.15, -0.1) is 11.3 Å². The van der Waals surface area contributed by atoms with Crippen molar-refractivity contribution in [1.29, 1.82) is 0 Å². The number of likely N-dealkylation sites (tertiary alicyclic amines) is 1. The van der Waals surface area contributed by atoms with E-state index in [2.05, 4.69) is 9.97 Å². The van der Waals surface area contributed by atoms with Gasteiger partial charge in [0.15, 0.2) is 5.78 Å². The number of rotatable bonds is 6. The van der Waals surface area contributed by atoms with Gasteiger partial charge in [-0.1, -0.05) is 11.8 Å². The summed E-state index contributed by atoms with van der Waals surface area (Å²) < 4.78 is 50.7. The lowest BCUT2D eigenvalue weighted by Gasteiger charge is -2.24.